The van der Waals surface area contributed by atoms with Gasteiger partial charge in [0.05, 0.1) is 17.9 Å². The quantitative estimate of drug-likeness (QED) is 0.809. The Hall–Kier alpha value is -1.61. The van der Waals surface area contributed by atoms with Crippen LogP contribution in [0.2, 0.25) is 0 Å². The highest BCUT2D eigenvalue weighted by Gasteiger charge is 2.06. The first-order chi connectivity index (χ1) is 7.56. The number of aromatic nitrogens is 2. The van der Waals surface area contributed by atoms with Gasteiger partial charge >= 0.3 is 0 Å². The molecule has 0 aliphatic rings. The number of aryl methyl sites for hydroxylation is 2. The van der Waals surface area contributed by atoms with Gasteiger partial charge in [0.25, 0.3) is 0 Å². The van der Waals surface area contributed by atoms with Crippen molar-refractivity contribution in [1.82, 2.24) is 9.97 Å². The van der Waals surface area contributed by atoms with Crippen molar-refractivity contribution in [3.63, 3.8) is 0 Å². The highest BCUT2D eigenvalue weighted by atomic mass is 14.9. The van der Waals surface area contributed by atoms with Gasteiger partial charge in [0, 0.05) is 5.56 Å². The molecule has 0 aliphatic carbocycles. The Labute approximate surface area is 95.7 Å². The minimum atomic E-state index is -0.0559. The van der Waals surface area contributed by atoms with Crippen molar-refractivity contribution in [2.24, 2.45) is 5.73 Å². The second-order valence-electron chi connectivity index (χ2n) is 4.35. The van der Waals surface area contributed by atoms with E-state index in [2.05, 4.69) is 42.0 Å². The number of H-pyrrole nitrogens is 1. The molecule has 0 bridgehead atoms. The second kappa shape index (κ2) is 4.10. The van der Waals surface area contributed by atoms with Crippen LogP contribution in [0, 0.1) is 13.8 Å². The third-order valence-electron chi connectivity index (χ3n) is 2.56. The van der Waals surface area contributed by atoms with E-state index >= 15 is 0 Å². The Balaban J connectivity index is 2.42. The second-order valence-corrected chi connectivity index (χ2v) is 4.35. The molecule has 3 nitrogen and oxygen atoms in total. The number of imidazole rings is 1. The highest BCUT2D eigenvalue weighted by Crippen LogP contribution is 2.21. The van der Waals surface area contributed by atoms with Gasteiger partial charge in [0.2, 0.25) is 0 Å². The summed E-state index contributed by atoms with van der Waals surface area (Å²) in [5, 5.41) is 0. The maximum atomic E-state index is 5.77. The van der Waals surface area contributed by atoms with Crippen molar-refractivity contribution in [1.29, 1.82) is 0 Å². The van der Waals surface area contributed by atoms with Crippen LogP contribution in [0.25, 0.3) is 11.3 Å². The van der Waals surface area contributed by atoms with Gasteiger partial charge in [0.15, 0.2) is 0 Å². The molecule has 0 radical (unpaired) electrons. The number of rotatable bonds is 2. The molecule has 1 aromatic carbocycles. The largest absolute Gasteiger partial charge is 0.341 e. The number of nitrogens with zero attached hydrogens (tertiary/aromatic N) is 1. The van der Waals surface area contributed by atoms with E-state index in [1.807, 2.05) is 13.1 Å². The Bertz CT molecular complexity index is 477. The monoisotopic (exact) mass is 215 g/mol. The SMILES string of the molecule is Cc1cc(C)cc(-c2cnc([C@@H](C)N)[nH]2)c1. The molecule has 0 unspecified atom stereocenters. The number of hydrogen-bond acceptors (Lipinski definition) is 2. The fourth-order valence-corrected chi connectivity index (χ4v) is 1.84. The van der Waals surface area contributed by atoms with Crippen molar-refractivity contribution < 1.29 is 0 Å². The molecule has 1 heterocycles. The summed E-state index contributed by atoms with van der Waals surface area (Å²) < 4.78 is 0. The smallest absolute Gasteiger partial charge is 0.123 e. The predicted molar refractivity (Wildman–Crippen MR) is 66.1 cm³/mol. The van der Waals surface area contributed by atoms with Crippen LogP contribution in [0.4, 0.5) is 0 Å². The van der Waals surface area contributed by atoms with Crippen molar-refractivity contribution in [2.45, 2.75) is 26.8 Å². The number of hydrogen-bond donors (Lipinski definition) is 2. The average Bonchev–Trinajstić information content (AvgIpc) is 2.64. The summed E-state index contributed by atoms with van der Waals surface area (Å²) in [4.78, 5) is 7.52. The standard InChI is InChI=1S/C13H17N3/c1-8-4-9(2)6-11(5-8)12-7-15-13(16-12)10(3)14/h4-7,10H,14H2,1-3H3,(H,15,16)/t10-/m1/s1. The number of nitrogens with one attached hydrogen (secondary N) is 1. The molecule has 0 saturated heterocycles. The molecule has 0 amide bonds. The lowest BCUT2D eigenvalue weighted by molar-refractivity contribution is 0.756. The van der Waals surface area contributed by atoms with Gasteiger partial charge in [0.1, 0.15) is 5.82 Å². The van der Waals surface area contributed by atoms with Gasteiger partial charge in [-0.3, -0.25) is 0 Å². The average molecular weight is 215 g/mol. The first-order valence-corrected chi connectivity index (χ1v) is 5.45. The molecule has 1 aromatic heterocycles. The van der Waals surface area contributed by atoms with E-state index in [-0.39, 0.29) is 6.04 Å². The highest BCUT2D eigenvalue weighted by molar-refractivity contribution is 5.60. The minimum Gasteiger partial charge on any atom is -0.341 e. The van der Waals surface area contributed by atoms with Crippen LogP contribution in [0.1, 0.15) is 29.9 Å². The van der Waals surface area contributed by atoms with Crippen molar-refractivity contribution >= 4 is 0 Å². The summed E-state index contributed by atoms with van der Waals surface area (Å²) in [5.41, 5.74) is 10.5. The molecular formula is C13H17N3. The molecule has 0 saturated carbocycles. The zero-order chi connectivity index (χ0) is 11.7. The van der Waals surface area contributed by atoms with Gasteiger partial charge in [-0.05, 0) is 32.9 Å². The normalized spacial score (nSPS) is 12.8. The molecule has 0 spiro atoms. The lowest BCUT2D eigenvalue weighted by Crippen LogP contribution is -2.06. The van der Waals surface area contributed by atoms with Gasteiger partial charge in [-0.1, -0.05) is 17.2 Å². The lowest BCUT2D eigenvalue weighted by atomic mass is 10.1. The summed E-state index contributed by atoms with van der Waals surface area (Å²) in [6.45, 7) is 6.11. The van der Waals surface area contributed by atoms with Gasteiger partial charge in [-0.2, -0.15) is 0 Å². The third-order valence-corrected chi connectivity index (χ3v) is 2.56. The summed E-state index contributed by atoms with van der Waals surface area (Å²) in [7, 11) is 0. The van der Waals surface area contributed by atoms with Crippen LogP contribution in [0.15, 0.2) is 24.4 Å². The summed E-state index contributed by atoms with van der Waals surface area (Å²) in [6, 6.07) is 6.39. The molecule has 0 fully saturated rings. The maximum absolute atomic E-state index is 5.77. The van der Waals surface area contributed by atoms with E-state index in [4.69, 9.17) is 5.73 Å². The Morgan fingerprint density at radius 2 is 1.81 bits per heavy atom. The van der Waals surface area contributed by atoms with Gasteiger partial charge < -0.3 is 10.7 Å². The van der Waals surface area contributed by atoms with Gasteiger partial charge in [-0.25, -0.2) is 4.98 Å². The minimum absolute atomic E-state index is 0.0559. The van der Waals surface area contributed by atoms with Crippen LogP contribution in [-0.2, 0) is 0 Å². The first kappa shape index (κ1) is 10.9. The van der Waals surface area contributed by atoms with Crippen molar-refractivity contribution in [3.05, 3.63) is 41.3 Å². The first-order valence-electron chi connectivity index (χ1n) is 5.45. The van der Waals surface area contributed by atoms with E-state index in [0.717, 1.165) is 17.1 Å². The number of nitrogens with two attached hydrogens (primary N) is 1. The van der Waals surface area contributed by atoms with Crippen molar-refractivity contribution in [2.75, 3.05) is 0 Å². The van der Waals surface area contributed by atoms with Crippen LogP contribution in [-0.4, -0.2) is 9.97 Å². The Kier molecular flexibility index (Phi) is 2.79. The zero-order valence-electron chi connectivity index (χ0n) is 9.91. The Morgan fingerprint density at radius 3 is 2.31 bits per heavy atom. The van der Waals surface area contributed by atoms with Crippen LogP contribution < -0.4 is 5.73 Å². The summed E-state index contributed by atoms with van der Waals surface area (Å²) in [6.07, 6.45) is 1.84. The van der Waals surface area contributed by atoms with E-state index in [9.17, 15) is 0 Å². The fraction of sp³-hybridized carbons (Fsp3) is 0.308. The van der Waals surface area contributed by atoms with Crippen LogP contribution in [0.3, 0.4) is 0 Å². The summed E-state index contributed by atoms with van der Waals surface area (Å²) >= 11 is 0. The number of aromatic amines is 1. The Morgan fingerprint density at radius 1 is 1.19 bits per heavy atom. The zero-order valence-corrected chi connectivity index (χ0v) is 9.91. The van der Waals surface area contributed by atoms with Gasteiger partial charge in [-0.15, -0.1) is 0 Å². The van der Waals surface area contributed by atoms with E-state index in [0.29, 0.717) is 0 Å². The fourth-order valence-electron chi connectivity index (χ4n) is 1.84. The molecule has 16 heavy (non-hydrogen) atoms. The molecule has 2 rings (SSSR count). The molecule has 2 aromatic rings. The molecule has 3 heteroatoms. The maximum Gasteiger partial charge on any atom is 0.123 e. The lowest BCUT2D eigenvalue weighted by Gasteiger charge is -2.03. The predicted octanol–water partition coefficient (Wildman–Crippen LogP) is 2.71. The van der Waals surface area contributed by atoms with Crippen molar-refractivity contribution in [3.8, 4) is 11.3 Å². The number of benzene rings is 1. The third kappa shape index (κ3) is 2.14. The molecular weight excluding hydrogens is 198 g/mol. The molecule has 1 atom stereocenters. The van der Waals surface area contributed by atoms with Crippen LogP contribution in [0.5, 0.6) is 0 Å². The topological polar surface area (TPSA) is 54.7 Å². The molecule has 3 N–H and O–H groups in total. The van der Waals surface area contributed by atoms with E-state index in [1.54, 1.807) is 0 Å². The van der Waals surface area contributed by atoms with E-state index < -0.39 is 0 Å². The molecule has 84 valence electrons. The molecule has 0 aliphatic heterocycles. The van der Waals surface area contributed by atoms with Crippen LogP contribution >= 0.6 is 0 Å². The summed E-state index contributed by atoms with van der Waals surface area (Å²) in [5.74, 6) is 0.828. The van der Waals surface area contributed by atoms with E-state index in [1.165, 1.54) is 11.1 Å².